The second-order valence-corrected chi connectivity index (χ2v) is 11.1. The number of fused-ring (bicyclic) bond motifs is 9. The summed E-state index contributed by atoms with van der Waals surface area (Å²) in [6, 6.07) is 13.4. The van der Waals surface area contributed by atoms with Crippen LogP contribution in [0.25, 0.3) is 31.8 Å². The maximum Gasteiger partial charge on any atom is 0.262 e. The van der Waals surface area contributed by atoms with Crippen LogP contribution in [0.15, 0.2) is 78.2 Å². The van der Waals surface area contributed by atoms with Gasteiger partial charge in [0.2, 0.25) is 5.88 Å². The summed E-state index contributed by atoms with van der Waals surface area (Å²) in [5, 5.41) is 2.85. The third-order valence-electron chi connectivity index (χ3n) is 5.95. The predicted octanol–water partition coefficient (Wildman–Crippen LogP) is 4.47. The third-order valence-corrected chi connectivity index (χ3v) is 8.52. The van der Waals surface area contributed by atoms with Gasteiger partial charge in [-0.3, -0.25) is 19.5 Å². The topological polar surface area (TPSA) is 123 Å². The Morgan fingerprint density at radius 1 is 0.973 bits per heavy atom. The zero-order valence-corrected chi connectivity index (χ0v) is 21.1. The molecule has 1 amide bonds. The number of carbonyl (C=O) groups excluding carboxylic acids is 1. The van der Waals surface area contributed by atoms with Crippen LogP contribution in [0.5, 0.6) is 5.88 Å². The minimum atomic E-state index is -4.05. The molecule has 11 heteroatoms. The highest BCUT2D eigenvalue weighted by molar-refractivity contribution is 7.92. The Hall–Kier alpha value is -4.35. The lowest BCUT2D eigenvalue weighted by Gasteiger charge is -2.13. The molecule has 5 heterocycles. The van der Waals surface area contributed by atoms with Gasteiger partial charge in [-0.1, -0.05) is 6.07 Å². The molecular formula is C26H19N5O4S2. The van der Waals surface area contributed by atoms with Gasteiger partial charge in [-0.15, -0.1) is 11.3 Å². The van der Waals surface area contributed by atoms with E-state index in [0.717, 1.165) is 31.8 Å². The van der Waals surface area contributed by atoms with Crippen LogP contribution in [0, 0.1) is 0 Å². The van der Waals surface area contributed by atoms with Crippen molar-refractivity contribution in [3.63, 3.8) is 0 Å². The number of hydrogen-bond acceptors (Lipinski definition) is 8. The summed E-state index contributed by atoms with van der Waals surface area (Å²) in [5.74, 6) is -0.280. The highest BCUT2D eigenvalue weighted by atomic mass is 32.2. The van der Waals surface area contributed by atoms with Gasteiger partial charge in [0.1, 0.15) is 5.69 Å². The molecule has 8 bridgehead atoms. The normalized spacial score (nSPS) is 14.4. The zero-order chi connectivity index (χ0) is 25.6. The van der Waals surface area contributed by atoms with E-state index < -0.39 is 15.9 Å². The Morgan fingerprint density at radius 3 is 2.73 bits per heavy atom. The standard InChI is InChI=1S/C26H19N5O4S2/c1-35-26-22-9-18(14-30-26)23-10-21-24(36-23)20(5-6-28-21)17-7-15(11-27-13-17)12-29-25(32)16-3-2-4-19(8-16)37(33,34)31-22/h2-11,13-14,31H,12H2,1H3,(H,29,32). The summed E-state index contributed by atoms with van der Waals surface area (Å²) < 4.78 is 35.4. The van der Waals surface area contributed by atoms with Gasteiger partial charge in [0.05, 0.1) is 22.2 Å². The van der Waals surface area contributed by atoms with Crippen molar-refractivity contribution in [3.8, 4) is 27.4 Å². The lowest BCUT2D eigenvalue weighted by Crippen LogP contribution is -2.23. The van der Waals surface area contributed by atoms with E-state index in [1.165, 1.54) is 36.6 Å². The zero-order valence-electron chi connectivity index (χ0n) is 19.4. The Labute approximate surface area is 216 Å². The Morgan fingerprint density at radius 2 is 1.86 bits per heavy atom. The number of benzene rings is 1. The largest absolute Gasteiger partial charge is 0.480 e. The molecule has 9 nitrogen and oxygen atoms in total. The number of hydrogen-bond donors (Lipinski definition) is 2. The van der Waals surface area contributed by atoms with E-state index in [0.29, 0.717) is 5.56 Å². The van der Waals surface area contributed by atoms with E-state index in [1.807, 2.05) is 18.2 Å². The molecule has 0 fully saturated rings. The molecule has 0 unspecified atom stereocenters. The highest BCUT2D eigenvalue weighted by Crippen LogP contribution is 2.40. The summed E-state index contributed by atoms with van der Waals surface area (Å²) in [6.07, 6.45) is 6.84. The Bertz CT molecular complexity index is 1800. The van der Waals surface area contributed by atoms with E-state index in [4.69, 9.17) is 4.74 Å². The van der Waals surface area contributed by atoms with Crippen molar-refractivity contribution in [2.45, 2.75) is 11.4 Å². The van der Waals surface area contributed by atoms with E-state index in [-0.39, 0.29) is 28.6 Å². The average molecular weight is 530 g/mol. The monoisotopic (exact) mass is 529 g/mol. The van der Waals surface area contributed by atoms with Gasteiger partial charge in [-0.05, 0) is 48.0 Å². The molecule has 0 saturated heterocycles. The molecule has 1 aromatic carbocycles. The second kappa shape index (κ2) is 8.95. The number of nitrogens with zero attached hydrogens (tertiary/aromatic N) is 3. The van der Waals surface area contributed by atoms with E-state index in [2.05, 4.69) is 25.0 Å². The van der Waals surface area contributed by atoms with Crippen LogP contribution in [-0.2, 0) is 16.6 Å². The van der Waals surface area contributed by atoms with E-state index >= 15 is 0 Å². The van der Waals surface area contributed by atoms with Crippen LogP contribution in [0.3, 0.4) is 0 Å². The van der Waals surface area contributed by atoms with Gasteiger partial charge < -0.3 is 10.1 Å². The van der Waals surface area contributed by atoms with Crippen LogP contribution in [-0.4, -0.2) is 36.4 Å². The summed E-state index contributed by atoms with van der Waals surface area (Å²) >= 11 is 1.52. The van der Waals surface area contributed by atoms with Gasteiger partial charge >= 0.3 is 0 Å². The van der Waals surface area contributed by atoms with Crippen molar-refractivity contribution in [2.24, 2.45) is 0 Å². The maximum atomic E-state index is 13.3. The summed E-state index contributed by atoms with van der Waals surface area (Å²) in [6.45, 7) is 0.228. The first-order chi connectivity index (χ1) is 17.9. The molecule has 0 aliphatic carbocycles. The minimum absolute atomic E-state index is 0.0620. The summed E-state index contributed by atoms with van der Waals surface area (Å²) in [5.41, 5.74) is 4.56. The second-order valence-electron chi connectivity index (χ2n) is 8.36. The van der Waals surface area contributed by atoms with Crippen molar-refractivity contribution in [2.75, 3.05) is 11.8 Å². The number of thiophene rings is 1. The molecule has 37 heavy (non-hydrogen) atoms. The minimum Gasteiger partial charge on any atom is -0.480 e. The van der Waals surface area contributed by atoms with Crippen molar-refractivity contribution in [1.29, 1.82) is 0 Å². The van der Waals surface area contributed by atoms with Crippen LogP contribution in [0.2, 0.25) is 0 Å². The van der Waals surface area contributed by atoms with E-state index in [9.17, 15) is 13.2 Å². The molecule has 5 aromatic rings. The fourth-order valence-corrected chi connectivity index (χ4v) is 6.38. The number of methoxy groups -OCH3 is 1. The molecule has 1 aliphatic heterocycles. The van der Waals surface area contributed by atoms with Gasteiger partial charge in [-0.25, -0.2) is 13.4 Å². The van der Waals surface area contributed by atoms with Crippen molar-refractivity contribution < 1.29 is 17.9 Å². The first kappa shape index (κ1) is 23.1. The molecule has 6 rings (SSSR count). The average Bonchev–Trinajstić information content (AvgIpc) is 3.36. The lowest BCUT2D eigenvalue weighted by molar-refractivity contribution is 0.0950. The van der Waals surface area contributed by atoms with E-state index in [1.54, 1.807) is 36.9 Å². The summed E-state index contributed by atoms with van der Waals surface area (Å²) in [4.78, 5) is 26.9. The van der Waals surface area contributed by atoms with Gasteiger partial charge in [0, 0.05) is 58.5 Å². The van der Waals surface area contributed by atoms with Crippen LogP contribution >= 0.6 is 11.3 Å². The number of amides is 1. The molecule has 0 spiro atoms. The molecule has 2 N–H and O–H groups in total. The molecule has 1 aliphatic rings. The SMILES string of the molecule is COc1ncc2cc1NS(=O)(=O)c1cccc(c1)C(=O)NCc1cncc(c1)-c1ccnc3cc-2sc13. The quantitative estimate of drug-likeness (QED) is 0.328. The fraction of sp³-hybridized carbons (Fsp3) is 0.0769. The molecule has 4 aromatic heterocycles. The number of nitrogens with one attached hydrogen (secondary N) is 2. The van der Waals surface area contributed by atoms with Crippen molar-refractivity contribution >= 4 is 43.2 Å². The molecule has 184 valence electrons. The van der Waals surface area contributed by atoms with Crippen LogP contribution < -0.4 is 14.8 Å². The first-order valence-corrected chi connectivity index (χ1v) is 13.5. The predicted molar refractivity (Wildman–Crippen MR) is 141 cm³/mol. The maximum absolute atomic E-state index is 13.3. The number of ether oxygens (including phenoxy) is 1. The number of carbonyl (C=O) groups is 1. The van der Waals surface area contributed by atoms with Gasteiger partial charge in [0.15, 0.2) is 0 Å². The molecule has 0 saturated carbocycles. The van der Waals surface area contributed by atoms with Crippen LogP contribution in [0.1, 0.15) is 15.9 Å². The summed E-state index contributed by atoms with van der Waals surface area (Å²) in [7, 11) is -2.64. The van der Waals surface area contributed by atoms with Gasteiger partial charge in [-0.2, -0.15) is 0 Å². The number of pyridine rings is 3. The van der Waals surface area contributed by atoms with Crippen molar-refractivity contribution in [1.82, 2.24) is 20.3 Å². The Balaban J connectivity index is 1.58. The third kappa shape index (κ3) is 4.28. The molecule has 0 radical (unpaired) electrons. The number of sulfonamides is 1. The fourth-order valence-electron chi connectivity index (χ4n) is 4.15. The number of aromatic nitrogens is 3. The molecular weight excluding hydrogens is 510 g/mol. The number of anilines is 1. The molecule has 0 atom stereocenters. The number of rotatable bonds is 1. The van der Waals surface area contributed by atoms with Crippen LogP contribution in [0.4, 0.5) is 5.69 Å². The smallest absolute Gasteiger partial charge is 0.262 e. The highest BCUT2D eigenvalue weighted by Gasteiger charge is 2.21. The van der Waals surface area contributed by atoms with Gasteiger partial charge in [0.25, 0.3) is 15.9 Å². The Kier molecular flexibility index (Phi) is 5.58. The lowest BCUT2D eigenvalue weighted by atomic mass is 10.1. The van der Waals surface area contributed by atoms with Crippen molar-refractivity contribution in [3.05, 3.63) is 84.4 Å². The first-order valence-electron chi connectivity index (χ1n) is 11.2.